The molecule has 0 aliphatic carbocycles. The maximum Gasteiger partial charge on any atom is 0.124 e. The van der Waals surface area contributed by atoms with Crippen LogP contribution in [0.4, 0.5) is 4.39 Å². The molecule has 0 amide bonds. The molecule has 1 atom stereocenters. The molecule has 0 radical (unpaired) electrons. The summed E-state index contributed by atoms with van der Waals surface area (Å²) in [5, 5.41) is 6.07. The number of halogens is 1. The third-order valence-electron chi connectivity index (χ3n) is 5.64. The first-order chi connectivity index (χ1) is 15.2. The van der Waals surface area contributed by atoms with Crippen LogP contribution in [0, 0.1) is 5.82 Å². The van der Waals surface area contributed by atoms with E-state index in [1.807, 2.05) is 6.07 Å². The molecule has 0 spiro atoms. The second-order valence-corrected chi connectivity index (χ2v) is 7.98. The molecule has 2 nitrogen and oxygen atoms in total. The van der Waals surface area contributed by atoms with Crippen molar-refractivity contribution in [2.24, 2.45) is 0 Å². The van der Waals surface area contributed by atoms with Gasteiger partial charge in [0.25, 0.3) is 0 Å². The van der Waals surface area contributed by atoms with Crippen LogP contribution in [0.15, 0.2) is 91.0 Å². The predicted molar refractivity (Wildman–Crippen MR) is 126 cm³/mol. The number of hydrogen-bond acceptors (Lipinski definition) is 2. The molecule has 0 heterocycles. The highest BCUT2D eigenvalue weighted by Gasteiger charge is 2.11. The zero-order valence-electron chi connectivity index (χ0n) is 17.9. The molecule has 0 bridgehead atoms. The van der Waals surface area contributed by atoms with Gasteiger partial charge in [-0.05, 0) is 59.9 Å². The van der Waals surface area contributed by atoms with Gasteiger partial charge in [0.05, 0.1) is 0 Å². The minimum atomic E-state index is -0.233. The monoisotopic (exact) mass is 413 g/mol. The molecule has 0 aromatic heterocycles. The second kappa shape index (κ2) is 10.2. The summed E-state index contributed by atoms with van der Waals surface area (Å²) in [6, 6.07) is 30.0. The molecule has 4 aromatic carbocycles. The third-order valence-corrected chi connectivity index (χ3v) is 5.64. The van der Waals surface area contributed by atoms with E-state index in [9.17, 15) is 4.39 Å². The molecule has 158 valence electrons. The Kier molecular flexibility index (Phi) is 6.96. The van der Waals surface area contributed by atoms with Gasteiger partial charge in [0.15, 0.2) is 0 Å². The summed E-state index contributed by atoms with van der Waals surface area (Å²) in [7, 11) is 0. The summed E-state index contributed by atoms with van der Waals surface area (Å²) < 4.78 is 19.4. The van der Waals surface area contributed by atoms with Crippen LogP contribution >= 0.6 is 0 Å². The van der Waals surface area contributed by atoms with Gasteiger partial charge in [0.1, 0.15) is 18.2 Å². The standard InChI is InChI=1S/C28H28FNO/c1-21(11-12-22-7-3-2-4-8-22)30-19-27-26-10-6-5-9-24(26)15-18-28(27)31-20-23-13-16-25(29)17-14-23/h2-10,13-18,21,30H,11-12,19-20H2,1H3/t21-/m0/s1. The van der Waals surface area contributed by atoms with E-state index in [0.29, 0.717) is 12.6 Å². The number of nitrogens with one attached hydrogen (secondary N) is 1. The van der Waals surface area contributed by atoms with Crippen molar-refractivity contribution in [1.82, 2.24) is 5.32 Å². The molecule has 0 saturated carbocycles. The number of ether oxygens (including phenoxy) is 1. The van der Waals surface area contributed by atoms with Crippen molar-refractivity contribution in [2.75, 3.05) is 0 Å². The van der Waals surface area contributed by atoms with Gasteiger partial charge in [-0.15, -0.1) is 0 Å². The molecular formula is C28H28FNO. The van der Waals surface area contributed by atoms with Gasteiger partial charge >= 0.3 is 0 Å². The lowest BCUT2D eigenvalue weighted by Crippen LogP contribution is -2.26. The number of benzene rings is 4. The number of hydrogen-bond donors (Lipinski definition) is 1. The van der Waals surface area contributed by atoms with Crippen LogP contribution in [0.5, 0.6) is 5.75 Å². The first kappa shape index (κ1) is 21.1. The highest BCUT2D eigenvalue weighted by Crippen LogP contribution is 2.29. The maximum absolute atomic E-state index is 13.2. The highest BCUT2D eigenvalue weighted by molar-refractivity contribution is 5.87. The van der Waals surface area contributed by atoms with Crippen molar-refractivity contribution in [2.45, 2.75) is 39.0 Å². The summed E-state index contributed by atoms with van der Waals surface area (Å²) in [6.45, 7) is 3.37. The van der Waals surface area contributed by atoms with Gasteiger partial charge in [-0.25, -0.2) is 4.39 Å². The Bertz CT molecular complexity index is 1110. The molecule has 3 heteroatoms. The smallest absolute Gasteiger partial charge is 0.124 e. The van der Waals surface area contributed by atoms with Crippen molar-refractivity contribution in [1.29, 1.82) is 0 Å². The Hall–Kier alpha value is -3.17. The predicted octanol–water partition coefficient (Wildman–Crippen LogP) is 6.67. The normalized spacial score (nSPS) is 12.1. The van der Waals surface area contributed by atoms with Crippen LogP contribution < -0.4 is 10.1 Å². The Morgan fingerprint density at radius 1 is 0.806 bits per heavy atom. The van der Waals surface area contributed by atoms with E-state index in [4.69, 9.17) is 4.74 Å². The minimum Gasteiger partial charge on any atom is -0.489 e. The van der Waals surface area contributed by atoms with E-state index >= 15 is 0 Å². The summed E-state index contributed by atoms with van der Waals surface area (Å²) >= 11 is 0. The molecular weight excluding hydrogens is 385 g/mol. The quantitative estimate of drug-likeness (QED) is 0.331. The van der Waals surface area contributed by atoms with Crippen molar-refractivity contribution in [3.8, 4) is 5.75 Å². The molecule has 31 heavy (non-hydrogen) atoms. The topological polar surface area (TPSA) is 21.3 Å². The lowest BCUT2D eigenvalue weighted by molar-refractivity contribution is 0.302. The molecule has 0 aliphatic heterocycles. The zero-order valence-corrected chi connectivity index (χ0v) is 17.9. The van der Waals surface area contributed by atoms with Crippen LogP contribution in [0.2, 0.25) is 0 Å². The lowest BCUT2D eigenvalue weighted by atomic mass is 10.0. The van der Waals surface area contributed by atoms with Gasteiger partial charge < -0.3 is 10.1 Å². The Balaban J connectivity index is 1.46. The lowest BCUT2D eigenvalue weighted by Gasteiger charge is -2.18. The van der Waals surface area contributed by atoms with Gasteiger partial charge in [0.2, 0.25) is 0 Å². The highest BCUT2D eigenvalue weighted by atomic mass is 19.1. The van der Waals surface area contributed by atoms with Crippen LogP contribution in [-0.2, 0) is 19.6 Å². The first-order valence-electron chi connectivity index (χ1n) is 10.8. The summed E-state index contributed by atoms with van der Waals surface area (Å²) in [6.07, 6.45) is 2.12. The van der Waals surface area contributed by atoms with Crippen LogP contribution in [0.1, 0.15) is 30.0 Å². The van der Waals surface area contributed by atoms with Gasteiger partial charge in [-0.1, -0.05) is 72.8 Å². The Labute approximate surface area is 183 Å². The molecule has 0 aliphatic rings. The first-order valence-corrected chi connectivity index (χ1v) is 10.8. The molecule has 4 aromatic rings. The van der Waals surface area contributed by atoms with E-state index in [1.165, 1.54) is 28.5 Å². The molecule has 1 N–H and O–H groups in total. The van der Waals surface area contributed by atoms with Gasteiger partial charge in [-0.2, -0.15) is 0 Å². The summed E-state index contributed by atoms with van der Waals surface area (Å²) in [4.78, 5) is 0. The number of aryl methyl sites for hydroxylation is 1. The molecule has 4 rings (SSSR count). The van der Waals surface area contributed by atoms with Crippen molar-refractivity contribution < 1.29 is 9.13 Å². The summed E-state index contributed by atoms with van der Waals surface area (Å²) in [5.74, 6) is 0.634. The average molecular weight is 414 g/mol. The van der Waals surface area contributed by atoms with E-state index in [1.54, 1.807) is 12.1 Å². The Morgan fingerprint density at radius 3 is 2.35 bits per heavy atom. The van der Waals surface area contributed by atoms with Gasteiger partial charge in [-0.3, -0.25) is 0 Å². The Morgan fingerprint density at radius 2 is 1.55 bits per heavy atom. The van der Waals surface area contributed by atoms with Crippen LogP contribution in [-0.4, -0.2) is 6.04 Å². The maximum atomic E-state index is 13.2. The second-order valence-electron chi connectivity index (χ2n) is 7.98. The van der Waals surface area contributed by atoms with E-state index in [-0.39, 0.29) is 5.82 Å². The molecule has 0 unspecified atom stereocenters. The van der Waals surface area contributed by atoms with Crippen LogP contribution in [0.25, 0.3) is 10.8 Å². The minimum absolute atomic E-state index is 0.233. The summed E-state index contributed by atoms with van der Waals surface area (Å²) in [5.41, 5.74) is 3.47. The number of fused-ring (bicyclic) bond motifs is 1. The van der Waals surface area contributed by atoms with Crippen molar-refractivity contribution in [3.63, 3.8) is 0 Å². The van der Waals surface area contributed by atoms with E-state index in [0.717, 1.165) is 36.3 Å². The third kappa shape index (κ3) is 5.71. The van der Waals surface area contributed by atoms with E-state index in [2.05, 4.69) is 72.9 Å². The van der Waals surface area contributed by atoms with E-state index < -0.39 is 0 Å². The zero-order chi connectivity index (χ0) is 21.5. The molecule has 0 fully saturated rings. The van der Waals surface area contributed by atoms with Crippen LogP contribution in [0.3, 0.4) is 0 Å². The van der Waals surface area contributed by atoms with Crippen molar-refractivity contribution >= 4 is 10.8 Å². The SMILES string of the molecule is C[C@@H](CCc1ccccc1)NCc1c(OCc2ccc(F)cc2)ccc2ccccc12. The fourth-order valence-electron chi connectivity index (χ4n) is 3.78. The largest absolute Gasteiger partial charge is 0.489 e. The fraction of sp³-hybridized carbons (Fsp3) is 0.214. The fourth-order valence-corrected chi connectivity index (χ4v) is 3.78. The molecule has 0 saturated heterocycles. The van der Waals surface area contributed by atoms with Crippen molar-refractivity contribution in [3.05, 3.63) is 114 Å². The number of rotatable bonds is 9. The average Bonchev–Trinajstić information content (AvgIpc) is 2.82. The van der Waals surface area contributed by atoms with Gasteiger partial charge in [0, 0.05) is 18.2 Å².